The normalized spacial score (nSPS) is 11.3. The minimum atomic E-state index is -3.49. The number of nitrogens with two attached hydrogens (primary N) is 1. The third kappa shape index (κ3) is 4.74. The molecule has 0 unspecified atom stereocenters. The largest absolute Gasteiger partial charge is 1.00 e. The molecule has 8 heteroatoms. The summed E-state index contributed by atoms with van der Waals surface area (Å²) in [6, 6.07) is 16.0. The van der Waals surface area contributed by atoms with Gasteiger partial charge in [0.2, 0.25) is 0 Å². The maximum atomic E-state index is 11.5. The molecule has 3 rings (SSSR count). The molecule has 0 atom stereocenters. The predicted octanol–water partition coefficient (Wildman–Crippen LogP) is -0.550. The summed E-state index contributed by atoms with van der Waals surface area (Å²) in [6.07, 6.45) is 0.365. The van der Waals surface area contributed by atoms with E-state index in [9.17, 15) is 8.42 Å². The number of nitrogen functional groups attached to an aromatic ring is 1. The Morgan fingerprint density at radius 2 is 1.70 bits per heavy atom. The molecule has 0 saturated carbocycles. The molecular weight excluding hydrogens is 386 g/mol. The SMILES string of the molecule is COS(=O)(=O)CCC[n+]1nc(-c2ccc(C)cc2)c2ccccc2c1N.[Cl-]. The zero-order valence-corrected chi connectivity index (χ0v) is 16.8. The van der Waals surface area contributed by atoms with Crippen LogP contribution in [0.5, 0.6) is 0 Å². The first-order chi connectivity index (χ1) is 12.4. The maximum absolute atomic E-state index is 11.5. The van der Waals surface area contributed by atoms with E-state index in [-0.39, 0.29) is 18.2 Å². The number of rotatable bonds is 6. The van der Waals surface area contributed by atoms with Crippen LogP contribution in [0.2, 0.25) is 0 Å². The summed E-state index contributed by atoms with van der Waals surface area (Å²) in [7, 11) is -2.33. The van der Waals surface area contributed by atoms with Crippen LogP contribution in [-0.2, 0) is 20.8 Å². The van der Waals surface area contributed by atoms with E-state index < -0.39 is 10.1 Å². The molecule has 0 spiro atoms. The molecule has 0 bridgehead atoms. The van der Waals surface area contributed by atoms with Crippen molar-refractivity contribution in [2.24, 2.45) is 0 Å². The smallest absolute Gasteiger partial charge is 0.301 e. The second kappa shape index (κ2) is 8.65. The van der Waals surface area contributed by atoms with Crippen molar-refractivity contribution < 1.29 is 29.7 Å². The molecule has 0 aliphatic heterocycles. The second-order valence-electron chi connectivity index (χ2n) is 6.15. The van der Waals surface area contributed by atoms with Gasteiger partial charge in [-0.15, -0.1) is 4.68 Å². The predicted molar refractivity (Wildman–Crippen MR) is 102 cm³/mol. The lowest BCUT2D eigenvalue weighted by Gasteiger charge is -2.10. The van der Waals surface area contributed by atoms with Crippen LogP contribution in [-0.4, -0.2) is 26.4 Å². The molecular formula is C19H22ClN3O3S. The number of benzene rings is 2. The summed E-state index contributed by atoms with van der Waals surface area (Å²) in [6.45, 7) is 2.42. The zero-order chi connectivity index (χ0) is 18.7. The highest BCUT2D eigenvalue weighted by atomic mass is 35.5. The minimum absolute atomic E-state index is 0. The fourth-order valence-corrected chi connectivity index (χ4v) is 3.50. The molecule has 0 aliphatic carbocycles. The first-order valence-corrected chi connectivity index (χ1v) is 9.93. The lowest BCUT2D eigenvalue weighted by molar-refractivity contribution is -0.738. The molecule has 3 aromatic rings. The lowest BCUT2D eigenvalue weighted by Crippen LogP contribution is -3.00. The van der Waals surface area contributed by atoms with Crippen molar-refractivity contribution in [1.29, 1.82) is 0 Å². The Hall–Kier alpha value is -2.22. The van der Waals surface area contributed by atoms with Crippen molar-refractivity contribution in [1.82, 2.24) is 5.10 Å². The third-order valence-corrected chi connectivity index (χ3v) is 5.60. The highest BCUT2D eigenvalue weighted by Crippen LogP contribution is 2.28. The zero-order valence-electron chi connectivity index (χ0n) is 15.2. The van der Waals surface area contributed by atoms with E-state index >= 15 is 0 Å². The number of hydrogen-bond donors (Lipinski definition) is 1. The van der Waals surface area contributed by atoms with Crippen molar-refractivity contribution in [2.75, 3.05) is 18.6 Å². The van der Waals surface area contributed by atoms with Gasteiger partial charge in [-0.25, -0.2) is 0 Å². The Bertz CT molecular complexity index is 1040. The fourth-order valence-electron chi connectivity index (χ4n) is 2.85. The van der Waals surface area contributed by atoms with Crippen LogP contribution in [0.25, 0.3) is 22.0 Å². The molecule has 0 amide bonds. The molecule has 1 heterocycles. The standard InChI is InChI=1S/C19H21N3O3S.ClH/c1-14-8-10-15(11-9-14)18-16-6-3-4-7-17(16)19(20)22(21-18)12-5-13-26(23,24)25-2;/h3-4,6-11,20H,5,12-13H2,1-2H3;1H. The van der Waals surface area contributed by atoms with Crippen LogP contribution >= 0.6 is 0 Å². The number of aromatic nitrogens is 2. The van der Waals surface area contributed by atoms with E-state index in [1.165, 1.54) is 12.7 Å². The first-order valence-electron chi connectivity index (χ1n) is 8.35. The number of nitrogens with zero attached hydrogens (tertiary/aromatic N) is 2. The van der Waals surface area contributed by atoms with Gasteiger partial charge in [0.15, 0.2) is 0 Å². The van der Waals surface area contributed by atoms with Crippen molar-refractivity contribution >= 4 is 26.7 Å². The molecule has 6 nitrogen and oxygen atoms in total. The molecule has 0 aliphatic rings. The number of halogens is 1. The van der Waals surface area contributed by atoms with Gasteiger partial charge in [-0.3, -0.25) is 9.92 Å². The van der Waals surface area contributed by atoms with Crippen molar-refractivity contribution in [3.8, 4) is 11.3 Å². The van der Waals surface area contributed by atoms with E-state index in [2.05, 4.69) is 4.18 Å². The Morgan fingerprint density at radius 1 is 1.07 bits per heavy atom. The molecule has 1 aromatic heterocycles. The summed E-state index contributed by atoms with van der Waals surface area (Å²) >= 11 is 0. The quantitative estimate of drug-likeness (QED) is 0.437. The number of anilines is 1. The van der Waals surface area contributed by atoms with Gasteiger partial charge in [-0.2, -0.15) is 8.42 Å². The van der Waals surface area contributed by atoms with E-state index in [4.69, 9.17) is 10.8 Å². The van der Waals surface area contributed by atoms with Gasteiger partial charge in [-0.1, -0.05) is 53.1 Å². The Labute approximate surface area is 165 Å². The van der Waals surface area contributed by atoms with Crippen molar-refractivity contribution in [2.45, 2.75) is 19.9 Å². The molecule has 2 N–H and O–H groups in total. The van der Waals surface area contributed by atoms with E-state index in [0.717, 1.165) is 22.0 Å². The fraction of sp³-hybridized carbons (Fsp3) is 0.263. The van der Waals surface area contributed by atoms with Crippen LogP contribution < -0.4 is 22.8 Å². The van der Waals surface area contributed by atoms with Gasteiger partial charge in [0.05, 0.1) is 18.2 Å². The first kappa shape index (κ1) is 21.1. The van der Waals surface area contributed by atoms with Gasteiger partial charge in [0.25, 0.3) is 10.1 Å². The monoisotopic (exact) mass is 407 g/mol. The average Bonchev–Trinajstić information content (AvgIpc) is 2.64. The van der Waals surface area contributed by atoms with Crippen LogP contribution in [0.1, 0.15) is 12.0 Å². The minimum Gasteiger partial charge on any atom is -1.00 e. The third-order valence-electron chi connectivity index (χ3n) is 4.30. The molecule has 0 fully saturated rings. The topological polar surface area (TPSA) is 86.2 Å². The van der Waals surface area contributed by atoms with Gasteiger partial charge >= 0.3 is 5.82 Å². The molecule has 0 radical (unpaired) electrons. The summed E-state index contributed by atoms with van der Waals surface area (Å²) in [5, 5.41) is 6.57. The number of hydrogen-bond acceptors (Lipinski definition) is 5. The summed E-state index contributed by atoms with van der Waals surface area (Å²) in [5.41, 5.74) is 9.28. The van der Waals surface area contributed by atoms with Gasteiger partial charge in [0, 0.05) is 17.4 Å². The summed E-state index contributed by atoms with van der Waals surface area (Å²) < 4.78 is 29.2. The van der Waals surface area contributed by atoms with Gasteiger partial charge in [0.1, 0.15) is 12.2 Å². The molecule has 144 valence electrons. The molecule has 2 aromatic carbocycles. The Morgan fingerprint density at radius 3 is 2.33 bits per heavy atom. The van der Waals surface area contributed by atoms with Gasteiger partial charge < -0.3 is 12.4 Å². The van der Waals surface area contributed by atoms with Crippen LogP contribution in [0, 0.1) is 6.92 Å². The van der Waals surface area contributed by atoms with Crippen LogP contribution in [0.4, 0.5) is 5.82 Å². The van der Waals surface area contributed by atoms with Crippen molar-refractivity contribution in [3.63, 3.8) is 0 Å². The van der Waals surface area contributed by atoms with Crippen LogP contribution in [0.15, 0.2) is 48.5 Å². The van der Waals surface area contributed by atoms with Gasteiger partial charge in [-0.05, 0) is 13.0 Å². The number of fused-ring (bicyclic) bond motifs is 1. The molecule has 27 heavy (non-hydrogen) atoms. The van der Waals surface area contributed by atoms with E-state index in [1.807, 2.05) is 55.5 Å². The summed E-state index contributed by atoms with van der Waals surface area (Å²) in [4.78, 5) is 0. The van der Waals surface area contributed by atoms with E-state index in [0.29, 0.717) is 18.8 Å². The maximum Gasteiger partial charge on any atom is 0.301 e. The average molecular weight is 408 g/mol. The van der Waals surface area contributed by atoms with E-state index in [1.54, 1.807) is 4.68 Å². The highest BCUT2D eigenvalue weighted by Gasteiger charge is 2.18. The Balaban J connectivity index is 0.00000261. The lowest BCUT2D eigenvalue weighted by atomic mass is 10.0. The Kier molecular flexibility index (Phi) is 6.75. The highest BCUT2D eigenvalue weighted by molar-refractivity contribution is 7.86. The van der Waals surface area contributed by atoms with Crippen molar-refractivity contribution in [3.05, 3.63) is 54.1 Å². The number of aryl methyl sites for hydroxylation is 2. The summed E-state index contributed by atoms with van der Waals surface area (Å²) in [5.74, 6) is 0.441. The molecule has 0 saturated heterocycles. The second-order valence-corrected chi connectivity index (χ2v) is 8.01. The van der Waals surface area contributed by atoms with Crippen LogP contribution in [0.3, 0.4) is 0 Å².